The lowest BCUT2D eigenvalue weighted by Crippen LogP contribution is -2.12. The van der Waals surface area contributed by atoms with E-state index < -0.39 is 0 Å². The fourth-order valence-corrected chi connectivity index (χ4v) is 1.62. The lowest BCUT2D eigenvalue weighted by atomic mass is 10.1. The van der Waals surface area contributed by atoms with E-state index in [1.807, 2.05) is 0 Å². The Hall–Kier alpha value is -1.65. The van der Waals surface area contributed by atoms with Crippen LogP contribution in [0.15, 0.2) is 18.3 Å². The lowest BCUT2D eigenvalue weighted by molar-refractivity contribution is 0.606. The number of halogens is 1. The quantitative estimate of drug-likeness (QED) is 0.861. The molecule has 0 aliphatic heterocycles. The summed E-state index contributed by atoms with van der Waals surface area (Å²) in [5, 5.41) is 7.35. The SMILES string of the molecule is CC1(CNc2nc3ccc(F)cn3n2)CC1. The molecule has 1 N–H and O–H groups in total. The van der Waals surface area contributed by atoms with Crippen LogP contribution < -0.4 is 5.32 Å². The molecule has 0 saturated heterocycles. The fraction of sp³-hybridized carbons (Fsp3) is 0.455. The number of hydrogen-bond donors (Lipinski definition) is 1. The van der Waals surface area contributed by atoms with Crippen LogP contribution in [0.2, 0.25) is 0 Å². The molecule has 1 saturated carbocycles. The number of nitrogens with zero attached hydrogens (tertiary/aromatic N) is 3. The van der Waals surface area contributed by atoms with Crippen LogP contribution in [-0.2, 0) is 0 Å². The Morgan fingerprint density at radius 3 is 3.06 bits per heavy atom. The molecule has 4 nitrogen and oxygen atoms in total. The van der Waals surface area contributed by atoms with Gasteiger partial charge in [-0.2, -0.15) is 4.98 Å². The third-order valence-electron chi connectivity index (χ3n) is 3.07. The maximum absolute atomic E-state index is 12.9. The molecule has 2 heterocycles. The molecule has 16 heavy (non-hydrogen) atoms. The summed E-state index contributed by atoms with van der Waals surface area (Å²) in [6.07, 6.45) is 3.83. The molecule has 0 atom stereocenters. The number of hydrogen-bond acceptors (Lipinski definition) is 3. The Bertz CT molecular complexity index is 530. The van der Waals surface area contributed by atoms with E-state index in [1.165, 1.54) is 29.6 Å². The highest BCUT2D eigenvalue weighted by Crippen LogP contribution is 2.44. The topological polar surface area (TPSA) is 42.2 Å². The van der Waals surface area contributed by atoms with Crippen molar-refractivity contribution in [1.29, 1.82) is 0 Å². The number of aromatic nitrogens is 3. The van der Waals surface area contributed by atoms with E-state index in [-0.39, 0.29) is 5.82 Å². The van der Waals surface area contributed by atoms with E-state index in [1.54, 1.807) is 6.07 Å². The molecule has 0 radical (unpaired) electrons. The highest BCUT2D eigenvalue weighted by molar-refractivity contribution is 5.43. The van der Waals surface area contributed by atoms with Gasteiger partial charge in [0.1, 0.15) is 5.82 Å². The van der Waals surface area contributed by atoms with Gasteiger partial charge in [-0.15, -0.1) is 5.10 Å². The van der Waals surface area contributed by atoms with Gasteiger partial charge in [-0.25, -0.2) is 8.91 Å². The largest absolute Gasteiger partial charge is 0.352 e. The predicted octanol–water partition coefficient (Wildman–Crippen LogP) is 2.08. The first-order valence-electron chi connectivity index (χ1n) is 5.41. The van der Waals surface area contributed by atoms with Crippen molar-refractivity contribution in [1.82, 2.24) is 14.6 Å². The van der Waals surface area contributed by atoms with Gasteiger partial charge >= 0.3 is 0 Å². The van der Waals surface area contributed by atoms with Gasteiger partial charge in [0, 0.05) is 6.54 Å². The summed E-state index contributed by atoms with van der Waals surface area (Å²) in [5.74, 6) is 0.261. The third-order valence-corrected chi connectivity index (χ3v) is 3.07. The highest BCUT2D eigenvalue weighted by Gasteiger charge is 2.37. The summed E-state index contributed by atoms with van der Waals surface area (Å²) in [4.78, 5) is 4.26. The molecule has 0 amide bonds. The summed E-state index contributed by atoms with van der Waals surface area (Å²) >= 11 is 0. The van der Waals surface area contributed by atoms with Gasteiger partial charge in [-0.1, -0.05) is 6.92 Å². The van der Waals surface area contributed by atoms with E-state index in [0.717, 1.165) is 6.54 Å². The maximum atomic E-state index is 12.9. The molecular weight excluding hydrogens is 207 g/mol. The predicted molar refractivity (Wildman–Crippen MR) is 58.8 cm³/mol. The molecule has 1 aliphatic carbocycles. The number of pyridine rings is 1. The second-order valence-electron chi connectivity index (χ2n) is 4.75. The standard InChI is InChI=1S/C11H13FN4/c1-11(4-5-11)7-13-10-14-9-3-2-8(12)6-16(9)15-10/h2-3,6H,4-5,7H2,1H3,(H,13,15). The van der Waals surface area contributed by atoms with Gasteiger partial charge in [-0.3, -0.25) is 0 Å². The Morgan fingerprint density at radius 1 is 1.50 bits per heavy atom. The van der Waals surface area contributed by atoms with Crippen LogP contribution in [0.3, 0.4) is 0 Å². The maximum Gasteiger partial charge on any atom is 0.243 e. The second-order valence-corrected chi connectivity index (χ2v) is 4.75. The average Bonchev–Trinajstić information content (AvgIpc) is 2.85. The van der Waals surface area contributed by atoms with Crippen molar-refractivity contribution in [3.05, 3.63) is 24.1 Å². The molecule has 5 heteroatoms. The zero-order chi connectivity index (χ0) is 11.2. The van der Waals surface area contributed by atoms with Crippen LogP contribution in [0, 0.1) is 11.2 Å². The normalized spacial score (nSPS) is 17.6. The Labute approximate surface area is 92.5 Å². The van der Waals surface area contributed by atoms with Gasteiger partial charge in [0.15, 0.2) is 5.65 Å². The van der Waals surface area contributed by atoms with Crippen molar-refractivity contribution < 1.29 is 4.39 Å². The van der Waals surface area contributed by atoms with Crippen LogP contribution in [0.1, 0.15) is 19.8 Å². The molecular formula is C11H13FN4. The second kappa shape index (κ2) is 3.17. The smallest absolute Gasteiger partial charge is 0.243 e. The molecule has 0 aromatic carbocycles. The van der Waals surface area contributed by atoms with Crippen LogP contribution in [0.25, 0.3) is 5.65 Å². The van der Waals surface area contributed by atoms with Crippen LogP contribution in [0.4, 0.5) is 10.3 Å². The molecule has 2 aromatic heterocycles. The number of rotatable bonds is 3. The first kappa shape index (κ1) is 9.57. The summed E-state index contributed by atoms with van der Waals surface area (Å²) in [6.45, 7) is 3.11. The van der Waals surface area contributed by atoms with Crippen molar-refractivity contribution in [2.45, 2.75) is 19.8 Å². The molecule has 0 bridgehead atoms. The van der Waals surface area contributed by atoms with Crippen LogP contribution >= 0.6 is 0 Å². The number of fused-ring (bicyclic) bond motifs is 1. The monoisotopic (exact) mass is 220 g/mol. The Balaban J connectivity index is 1.82. The third kappa shape index (κ3) is 1.73. The molecule has 3 rings (SSSR count). The first-order valence-corrected chi connectivity index (χ1v) is 5.41. The highest BCUT2D eigenvalue weighted by atomic mass is 19.1. The minimum Gasteiger partial charge on any atom is -0.352 e. The Kier molecular flexibility index (Phi) is 1.89. The van der Waals surface area contributed by atoms with E-state index in [9.17, 15) is 4.39 Å². The van der Waals surface area contributed by atoms with E-state index in [2.05, 4.69) is 22.3 Å². The summed E-state index contributed by atoms with van der Waals surface area (Å²) in [5.41, 5.74) is 1.06. The van der Waals surface area contributed by atoms with Gasteiger partial charge in [0.2, 0.25) is 5.95 Å². The van der Waals surface area contributed by atoms with Crippen molar-refractivity contribution in [3.63, 3.8) is 0 Å². The van der Waals surface area contributed by atoms with Crippen LogP contribution in [-0.4, -0.2) is 21.1 Å². The Morgan fingerprint density at radius 2 is 2.31 bits per heavy atom. The minimum absolute atomic E-state index is 0.307. The lowest BCUT2D eigenvalue weighted by Gasteiger charge is -2.06. The molecule has 84 valence electrons. The van der Waals surface area contributed by atoms with Crippen molar-refractivity contribution in [3.8, 4) is 0 Å². The summed E-state index contributed by atoms with van der Waals surface area (Å²) in [6, 6.07) is 3.00. The molecule has 2 aromatic rings. The average molecular weight is 220 g/mol. The van der Waals surface area contributed by atoms with Gasteiger partial charge in [-0.05, 0) is 30.4 Å². The molecule has 0 spiro atoms. The fourth-order valence-electron chi connectivity index (χ4n) is 1.62. The van der Waals surface area contributed by atoms with Gasteiger partial charge in [0.25, 0.3) is 0 Å². The summed E-state index contributed by atoms with van der Waals surface area (Å²) < 4.78 is 14.4. The van der Waals surface area contributed by atoms with E-state index in [4.69, 9.17) is 0 Å². The molecule has 1 aliphatic rings. The van der Waals surface area contributed by atoms with E-state index >= 15 is 0 Å². The number of anilines is 1. The molecule has 0 unspecified atom stereocenters. The van der Waals surface area contributed by atoms with Crippen molar-refractivity contribution in [2.24, 2.45) is 5.41 Å². The van der Waals surface area contributed by atoms with Crippen molar-refractivity contribution >= 4 is 11.6 Å². The molecule has 1 fully saturated rings. The van der Waals surface area contributed by atoms with Gasteiger partial charge in [0.05, 0.1) is 6.20 Å². The zero-order valence-electron chi connectivity index (χ0n) is 9.07. The number of nitrogens with one attached hydrogen (secondary N) is 1. The van der Waals surface area contributed by atoms with E-state index in [0.29, 0.717) is 17.0 Å². The first-order chi connectivity index (χ1) is 7.65. The summed E-state index contributed by atoms with van der Waals surface area (Å²) in [7, 11) is 0. The minimum atomic E-state index is -0.307. The van der Waals surface area contributed by atoms with Crippen LogP contribution in [0.5, 0.6) is 0 Å². The van der Waals surface area contributed by atoms with Gasteiger partial charge < -0.3 is 5.32 Å². The zero-order valence-corrected chi connectivity index (χ0v) is 9.07. The van der Waals surface area contributed by atoms with Crippen molar-refractivity contribution in [2.75, 3.05) is 11.9 Å².